The van der Waals surface area contributed by atoms with E-state index in [0.29, 0.717) is 17.4 Å². The molecule has 2 N–H and O–H groups in total. The predicted octanol–water partition coefficient (Wildman–Crippen LogP) is 3.11. The number of hydrogen-bond acceptors (Lipinski definition) is 4. The number of amides is 2. The Kier molecular flexibility index (Phi) is 7.23. The van der Waals surface area contributed by atoms with Crippen molar-refractivity contribution in [2.45, 2.75) is 39.7 Å². The Labute approximate surface area is 159 Å². The molecule has 27 heavy (non-hydrogen) atoms. The van der Waals surface area contributed by atoms with Gasteiger partial charge in [-0.15, -0.1) is 0 Å². The zero-order chi connectivity index (χ0) is 19.8. The zero-order valence-corrected chi connectivity index (χ0v) is 16.1. The van der Waals surface area contributed by atoms with Crippen LogP contribution in [0.2, 0.25) is 0 Å². The first-order valence-corrected chi connectivity index (χ1v) is 8.90. The van der Waals surface area contributed by atoms with Crippen LogP contribution in [0.1, 0.15) is 37.8 Å². The second kappa shape index (κ2) is 9.62. The number of rotatable bonds is 7. The summed E-state index contributed by atoms with van der Waals surface area (Å²) in [5, 5.41) is 0. The van der Waals surface area contributed by atoms with Crippen LogP contribution in [-0.2, 0) is 9.59 Å². The fourth-order valence-corrected chi connectivity index (χ4v) is 2.31. The van der Waals surface area contributed by atoms with Crippen molar-refractivity contribution in [2.24, 2.45) is 0 Å². The smallest absolute Gasteiger partial charge is 0.279 e. The van der Waals surface area contributed by atoms with Gasteiger partial charge in [0.1, 0.15) is 11.5 Å². The third-order valence-electron chi connectivity index (χ3n) is 3.91. The Morgan fingerprint density at radius 2 is 1.67 bits per heavy atom. The molecule has 0 aliphatic heterocycles. The van der Waals surface area contributed by atoms with Crippen LogP contribution in [-0.4, -0.2) is 24.5 Å². The molecule has 2 rings (SSSR count). The molecule has 2 aromatic rings. The molecule has 0 aliphatic carbocycles. The van der Waals surface area contributed by atoms with Gasteiger partial charge in [0.25, 0.3) is 11.8 Å². The molecule has 0 radical (unpaired) electrons. The SMILES string of the molecule is Cc1cccc(OC(C)C(=O)NNC(=O)COc2ccc(C(C)C)cc2)c1. The van der Waals surface area contributed by atoms with Crippen LogP contribution in [0.3, 0.4) is 0 Å². The van der Waals surface area contributed by atoms with Crippen molar-refractivity contribution < 1.29 is 19.1 Å². The van der Waals surface area contributed by atoms with Gasteiger partial charge in [0, 0.05) is 0 Å². The second-order valence-electron chi connectivity index (χ2n) is 6.63. The van der Waals surface area contributed by atoms with Gasteiger partial charge in [0.05, 0.1) is 0 Å². The number of aryl methyl sites for hydroxylation is 1. The van der Waals surface area contributed by atoms with Gasteiger partial charge in [0.15, 0.2) is 12.7 Å². The lowest BCUT2D eigenvalue weighted by atomic mass is 10.0. The number of benzene rings is 2. The fourth-order valence-electron chi connectivity index (χ4n) is 2.31. The molecule has 1 atom stereocenters. The highest BCUT2D eigenvalue weighted by Gasteiger charge is 2.15. The van der Waals surface area contributed by atoms with Gasteiger partial charge in [-0.3, -0.25) is 20.4 Å². The average molecular weight is 370 g/mol. The minimum absolute atomic E-state index is 0.200. The standard InChI is InChI=1S/C21H26N2O4/c1-14(2)17-8-10-18(11-9-17)26-13-20(24)22-23-21(25)16(4)27-19-7-5-6-15(3)12-19/h5-12,14,16H,13H2,1-4H3,(H,22,24)(H,23,25). The molecule has 0 saturated carbocycles. The van der Waals surface area contributed by atoms with Crippen LogP contribution in [0.15, 0.2) is 48.5 Å². The number of ether oxygens (including phenoxy) is 2. The highest BCUT2D eigenvalue weighted by atomic mass is 16.5. The maximum Gasteiger partial charge on any atom is 0.279 e. The molecule has 0 spiro atoms. The lowest BCUT2D eigenvalue weighted by Crippen LogP contribution is -2.48. The molecular weight excluding hydrogens is 344 g/mol. The number of hydrazine groups is 1. The Morgan fingerprint density at radius 3 is 2.30 bits per heavy atom. The Hall–Kier alpha value is -3.02. The third kappa shape index (κ3) is 6.66. The van der Waals surface area contributed by atoms with E-state index in [0.717, 1.165) is 5.56 Å². The van der Waals surface area contributed by atoms with Crippen LogP contribution < -0.4 is 20.3 Å². The van der Waals surface area contributed by atoms with E-state index in [9.17, 15) is 9.59 Å². The summed E-state index contributed by atoms with van der Waals surface area (Å²) in [6.45, 7) is 7.56. The molecule has 0 aliphatic rings. The van der Waals surface area contributed by atoms with Crippen molar-refractivity contribution in [1.29, 1.82) is 0 Å². The summed E-state index contributed by atoms with van der Waals surface area (Å²) >= 11 is 0. The second-order valence-corrected chi connectivity index (χ2v) is 6.63. The molecule has 0 heterocycles. The van der Waals surface area contributed by atoms with Crippen LogP contribution in [0.4, 0.5) is 0 Å². The van der Waals surface area contributed by atoms with E-state index in [1.165, 1.54) is 5.56 Å². The minimum atomic E-state index is -0.753. The summed E-state index contributed by atoms with van der Waals surface area (Å²) in [6, 6.07) is 15.0. The van der Waals surface area contributed by atoms with E-state index < -0.39 is 17.9 Å². The van der Waals surface area contributed by atoms with Crippen molar-refractivity contribution in [3.8, 4) is 11.5 Å². The van der Waals surface area contributed by atoms with E-state index in [4.69, 9.17) is 9.47 Å². The Bertz CT molecular complexity index is 772. The van der Waals surface area contributed by atoms with Gasteiger partial charge in [0.2, 0.25) is 0 Å². The molecular formula is C21H26N2O4. The topological polar surface area (TPSA) is 76.7 Å². The highest BCUT2D eigenvalue weighted by molar-refractivity contribution is 5.85. The predicted molar refractivity (Wildman–Crippen MR) is 104 cm³/mol. The van der Waals surface area contributed by atoms with Crippen molar-refractivity contribution in [3.05, 3.63) is 59.7 Å². The largest absolute Gasteiger partial charge is 0.484 e. The maximum atomic E-state index is 12.0. The monoisotopic (exact) mass is 370 g/mol. The van der Waals surface area contributed by atoms with E-state index in [1.54, 1.807) is 13.0 Å². The number of carbonyl (C=O) groups excluding carboxylic acids is 2. The van der Waals surface area contributed by atoms with Crippen LogP contribution in [0.25, 0.3) is 0 Å². The van der Waals surface area contributed by atoms with Crippen molar-refractivity contribution in [3.63, 3.8) is 0 Å². The van der Waals surface area contributed by atoms with Gasteiger partial charge in [-0.1, -0.05) is 38.1 Å². The number of hydrogen-bond donors (Lipinski definition) is 2. The van der Waals surface area contributed by atoms with Gasteiger partial charge >= 0.3 is 0 Å². The van der Waals surface area contributed by atoms with Gasteiger partial charge in [-0.25, -0.2) is 0 Å². The zero-order valence-electron chi connectivity index (χ0n) is 16.1. The molecule has 0 bridgehead atoms. The Balaban J connectivity index is 1.73. The molecule has 0 aromatic heterocycles. The summed E-state index contributed by atoms with van der Waals surface area (Å²) in [5.74, 6) is 0.709. The normalized spacial score (nSPS) is 11.6. The minimum Gasteiger partial charge on any atom is -0.484 e. The highest BCUT2D eigenvalue weighted by Crippen LogP contribution is 2.18. The quantitative estimate of drug-likeness (QED) is 0.734. The first-order valence-electron chi connectivity index (χ1n) is 8.90. The lowest BCUT2D eigenvalue weighted by molar-refractivity contribution is -0.133. The van der Waals surface area contributed by atoms with Crippen molar-refractivity contribution in [1.82, 2.24) is 10.9 Å². The molecule has 6 nitrogen and oxygen atoms in total. The lowest BCUT2D eigenvalue weighted by Gasteiger charge is -2.15. The fraction of sp³-hybridized carbons (Fsp3) is 0.333. The summed E-state index contributed by atoms with van der Waals surface area (Å²) < 4.78 is 11.0. The molecule has 0 fully saturated rings. The molecule has 2 aromatic carbocycles. The van der Waals surface area contributed by atoms with Crippen molar-refractivity contribution >= 4 is 11.8 Å². The molecule has 2 amide bonds. The van der Waals surface area contributed by atoms with E-state index in [2.05, 4.69) is 24.7 Å². The Morgan fingerprint density at radius 1 is 0.963 bits per heavy atom. The van der Waals surface area contributed by atoms with Crippen LogP contribution in [0, 0.1) is 6.92 Å². The average Bonchev–Trinajstić information content (AvgIpc) is 2.64. The first kappa shape index (κ1) is 20.3. The summed E-state index contributed by atoms with van der Waals surface area (Å²) in [6.07, 6.45) is -0.753. The molecule has 6 heteroatoms. The maximum absolute atomic E-state index is 12.0. The molecule has 144 valence electrons. The molecule has 0 saturated heterocycles. The third-order valence-corrected chi connectivity index (χ3v) is 3.91. The van der Waals surface area contributed by atoms with Crippen LogP contribution >= 0.6 is 0 Å². The summed E-state index contributed by atoms with van der Waals surface area (Å²) in [7, 11) is 0. The summed E-state index contributed by atoms with van der Waals surface area (Å²) in [4.78, 5) is 23.9. The number of nitrogens with one attached hydrogen (secondary N) is 2. The van der Waals surface area contributed by atoms with E-state index >= 15 is 0 Å². The van der Waals surface area contributed by atoms with Gasteiger partial charge < -0.3 is 9.47 Å². The van der Waals surface area contributed by atoms with Crippen molar-refractivity contribution in [2.75, 3.05) is 6.61 Å². The van der Waals surface area contributed by atoms with Gasteiger partial charge in [-0.2, -0.15) is 0 Å². The van der Waals surface area contributed by atoms with Crippen LogP contribution in [0.5, 0.6) is 11.5 Å². The number of carbonyl (C=O) groups is 2. The van der Waals surface area contributed by atoms with E-state index in [-0.39, 0.29) is 6.61 Å². The van der Waals surface area contributed by atoms with E-state index in [1.807, 2.05) is 49.4 Å². The first-order chi connectivity index (χ1) is 12.8. The molecule has 1 unspecified atom stereocenters. The summed E-state index contributed by atoms with van der Waals surface area (Å²) in [5.41, 5.74) is 6.88. The van der Waals surface area contributed by atoms with Gasteiger partial charge in [-0.05, 0) is 55.2 Å².